The van der Waals surface area contributed by atoms with Crippen molar-refractivity contribution in [3.05, 3.63) is 5.89 Å². The third-order valence-corrected chi connectivity index (χ3v) is 3.00. The number of hydrogen-bond donors (Lipinski definition) is 2. The molecule has 1 amide bonds. The van der Waals surface area contributed by atoms with E-state index in [0.29, 0.717) is 5.89 Å². The molecule has 1 aromatic rings. The Morgan fingerprint density at radius 1 is 1.44 bits per heavy atom. The maximum absolute atomic E-state index is 12.0. The standard InChI is InChI=1S/C10H16N4O2/c1-7-13-14-9(16-7)12-8(15)10(2)3-5-11-6-4-10/h11H,3-6H2,1-2H3,(H,12,14,15). The lowest BCUT2D eigenvalue weighted by Gasteiger charge is -2.31. The Kier molecular flexibility index (Phi) is 2.91. The van der Waals surface area contributed by atoms with Gasteiger partial charge in [0.05, 0.1) is 0 Å². The van der Waals surface area contributed by atoms with Crippen molar-refractivity contribution >= 4 is 11.9 Å². The number of hydrogen-bond acceptors (Lipinski definition) is 5. The van der Waals surface area contributed by atoms with Crippen molar-refractivity contribution in [2.24, 2.45) is 5.41 Å². The molecule has 6 nitrogen and oxygen atoms in total. The highest BCUT2D eigenvalue weighted by Crippen LogP contribution is 2.29. The van der Waals surface area contributed by atoms with E-state index in [1.807, 2.05) is 6.92 Å². The van der Waals surface area contributed by atoms with Gasteiger partial charge >= 0.3 is 6.01 Å². The van der Waals surface area contributed by atoms with Crippen molar-refractivity contribution in [1.29, 1.82) is 0 Å². The number of aryl methyl sites for hydroxylation is 1. The summed E-state index contributed by atoms with van der Waals surface area (Å²) in [6.45, 7) is 5.39. The van der Waals surface area contributed by atoms with Crippen LogP contribution in [-0.4, -0.2) is 29.2 Å². The van der Waals surface area contributed by atoms with E-state index in [4.69, 9.17) is 4.42 Å². The lowest BCUT2D eigenvalue weighted by molar-refractivity contribution is -0.126. The van der Waals surface area contributed by atoms with Gasteiger partial charge in [-0.2, -0.15) is 0 Å². The first-order valence-corrected chi connectivity index (χ1v) is 5.42. The van der Waals surface area contributed by atoms with E-state index < -0.39 is 0 Å². The topological polar surface area (TPSA) is 80.0 Å². The minimum Gasteiger partial charge on any atom is -0.408 e. The molecule has 16 heavy (non-hydrogen) atoms. The van der Waals surface area contributed by atoms with E-state index in [-0.39, 0.29) is 17.3 Å². The van der Waals surface area contributed by atoms with E-state index in [1.54, 1.807) is 6.92 Å². The van der Waals surface area contributed by atoms with Crippen LogP contribution in [0.25, 0.3) is 0 Å². The Morgan fingerprint density at radius 2 is 2.12 bits per heavy atom. The summed E-state index contributed by atoms with van der Waals surface area (Å²) >= 11 is 0. The van der Waals surface area contributed by atoms with Gasteiger partial charge < -0.3 is 9.73 Å². The maximum atomic E-state index is 12.0. The molecule has 0 atom stereocenters. The number of nitrogens with zero attached hydrogens (tertiary/aromatic N) is 2. The van der Waals surface area contributed by atoms with Gasteiger partial charge in [-0.25, -0.2) is 0 Å². The Morgan fingerprint density at radius 3 is 2.69 bits per heavy atom. The summed E-state index contributed by atoms with van der Waals surface area (Å²) in [6, 6.07) is 0.183. The number of amides is 1. The molecule has 2 heterocycles. The zero-order valence-corrected chi connectivity index (χ0v) is 9.54. The summed E-state index contributed by atoms with van der Waals surface area (Å²) in [4.78, 5) is 12.0. The lowest BCUT2D eigenvalue weighted by Crippen LogP contribution is -2.42. The minimum absolute atomic E-state index is 0.0438. The fraction of sp³-hybridized carbons (Fsp3) is 0.700. The van der Waals surface area contributed by atoms with Crippen LogP contribution in [0.4, 0.5) is 6.01 Å². The number of aromatic nitrogens is 2. The van der Waals surface area contributed by atoms with E-state index in [0.717, 1.165) is 25.9 Å². The normalized spacial score (nSPS) is 19.4. The van der Waals surface area contributed by atoms with Gasteiger partial charge in [-0.1, -0.05) is 12.0 Å². The van der Waals surface area contributed by atoms with Gasteiger partial charge in [0.15, 0.2) is 0 Å². The largest absolute Gasteiger partial charge is 0.408 e. The zero-order chi connectivity index (χ0) is 11.6. The van der Waals surface area contributed by atoms with Crippen molar-refractivity contribution in [3.63, 3.8) is 0 Å². The van der Waals surface area contributed by atoms with Crippen LogP contribution in [0, 0.1) is 12.3 Å². The highest BCUT2D eigenvalue weighted by molar-refractivity contribution is 5.93. The number of carbonyl (C=O) groups is 1. The third kappa shape index (κ3) is 2.21. The highest BCUT2D eigenvalue weighted by atomic mass is 16.4. The molecule has 0 aromatic carbocycles. The first-order valence-electron chi connectivity index (χ1n) is 5.42. The SMILES string of the molecule is Cc1nnc(NC(=O)C2(C)CCNCC2)o1. The number of carbonyl (C=O) groups excluding carboxylic acids is 1. The minimum atomic E-state index is -0.340. The molecule has 0 unspecified atom stereocenters. The van der Waals surface area contributed by atoms with Crippen LogP contribution in [0.1, 0.15) is 25.7 Å². The quantitative estimate of drug-likeness (QED) is 0.773. The molecule has 88 valence electrons. The first kappa shape index (κ1) is 11.1. The highest BCUT2D eigenvalue weighted by Gasteiger charge is 2.35. The summed E-state index contributed by atoms with van der Waals surface area (Å²) in [5, 5.41) is 13.3. The second-order valence-corrected chi connectivity index (χ2v) is 4.39. The molecule has 2 rings (SSSR count). The smallest absolute Gasteiger partial charge is 0.322 e. The summed E-state index contributed by atoms with van der Waals surface area (Å²) in [6.07, 6.45) is 1.65. The third-order valence-electron chi connectivity index (χ3n) is 3.00. The van der Waals surface area contributed by atoms with Crippen molar-refractivity contribution in [2.75, 3.05) is 18.4 Å². The van der Waals surface area contributed by atoms with Gasteiger partial charge in [-0.05, 0) is 25.9 Å². The predicted octanol–water partition coefficient (Wildman–Crippen LogP) is 0.706. The van der Waals surface area contributed by atoms with Gasteiger partial charge in [0, 0.05) is 12.3 Å². The molecule has 1 aliphatic rings. The number of rotatable bonds is 2. The van der Waals surface area contributed by atoms with Crippen LogP contribution in [0.3, 0.4) is 0 Å². The molecule has 0 bridgehead atoms. The average molecular weight is 224 g/mol. The number of nitrogens with one attached hydrogen (secondary N) is 2. The summed E-state index contributed by atoms with van der Waals surface area (Å²) < 4.78 is 5.12. The first-order chi connectivity index (χ1) is 7.60. The Hall–Kier alpha value is -1.43. The van der Waals surface area contributed by atoms with Crippen LogP contribution in [0.15, 0.2) is 4.42 Å². The lowest BCUT2D eigenvalue weighted by atomic mass is 9.80. The maximum Gasteiger partial charge on any atom is 0.322 e. The molecule has 0 spiro atoms. The van der Waals surface area contributed by atoms with Crippen LogP contribution in [-0.2, 0) is 4.79 Å². The van der Waals surface area contributed by atoms with Crippen LogP contribution in [0.2, 0.25) is 0 Å². The molecule has 0 saturated carbocycles. The van der Waals surface area contributed by atoms with Gasteiger partial charge in [0.25, 0.3) is 0 Å². The second-order valence-electron chi connectivity index (χ2n) is 4.39. The van der Waals surface area contributed by atoms with Gasteiger partial charge in [0.1, 0.15) is 0 Å². The number of anilines is 1. The van der Waals surface area contributed by atoms with Crippen LogP contribution in [0.5, 0.6) is 0 Å². The predicted molar refractivity (Wildman–Crippen MR) is 57.9 cm³/mol. The molecular weight excluding hydrogens is 208 g/mol. The molecule has 0 aliphatic carbocycles. The molecule has 0 radical (unpaired) electrons. The fourth-order valence-corrected chi connectivity index (χ4v) is 1.80. The molecule has 1 aromatic heterocycles. The van der Waals surface area contributed by atoms with E-state index in [1.165, 1.54) is 0 Å². The Bertz CT molecular complexity index is 382. The van der Waals surface area contributed by atoms with Gasteiger partial charge in [0.2, 0.25) is 11.8 Å². The molecule has 1 saturated heterocycles. The van der Waals surface area contributed by atoms with Crippen LogP contribution >= 0.6 is 0 Å². The van der Waals surface area contributed by atoms with Crippen molar-refractivity contribution in [2.45, 2.75) is 26.7 Å². The van der Waals surface area contributed by atoms with Crippen molar-refractivity contribution in [1.82, 2.24) is 15.5 Å². The number of piperidine rings is 1. The Labute approximate surface area is 93.8 Å². The summed E-state index contributed by atoms with van der Waals surface area (Å²) in [7, 11) is 0. The molecule has 1 fully saturated rings. The van der Waals surface area contributed by atoms with Gasteiger partial charge in [-0.15, -0.1) is 5.10 Å². The monoisotopic (exact) mass is 224 g/mol. The van der Waals surface area contributed by atoms with E-state index in [9.17, 15) is 4.79 Å². The molecule has 6 heteroatoms. The zero-order valence-electron chi connectivity index (χ0n) is 9.54. The summed E-state index contributed by atoms with van der Waals surface area (Å²) in [5.41, 5.74) is -0.340. The van der Waals surface area contributed by atoms with E-state index >= 15 is 0 Å². The molecule has 2 N–H and O–H groups in total. The fourth-order valence-electron chi connectivity index (χ4n) is 1.80. The second kappa shape index (κ2) is 4.21. The van der Waals surface area contributed by atoms with Gasteiger partial charge in [-0.3, -0.25) is 10.1 Å². The molecule has 1 aliphatic heterocycles. The van der Waals surface area contributed by atoms with Crippen LogP contribution < -0.4 is 10.6 Å². The Balaban J connectivity index is 2.01. The average Bonchev–Trinajstić information content (AvgIpc) is 2.65. The molecular formula is C10H16N4O2. The van der Waals surface area contributed by atoms with Crippen molar-refractivity contribution < 1.29 is 9.21 Å². The summed E-state index contributed by atoms with van der Waals surface area (Å²) in [5.74, 6) is 0.406. The van der Waals surface area contributed by atoms with Crippen molar-refractivity contribution in [3.8, 4) is 0 Å². The van der Waals surface area contributed by atoms with E-state index in [2.05, 4.69) is 20.8 Å².